The molecule has 7 nitrogen and oxygen atoms in total. The van der Waals surface area contributed by atoms with Crippen molar-refractivity contribution < 1.29 is 17.5 Å². The normalized spacial score (nSPS) is 20.1. The van der Waals surface area contributed by atoms with Crippen LogP contribution in [0.5, 0.6) is 5.75 Å². The molecular weight excluding hydrogens is 451 g/mol. The number of methoxy groups -OCH3 is 1. The molecular formula is C18H22BrFN4O3S. The second kappa shape index (κ2) is 8.22. The van der Waals surface area contributed by atoms with Crippen LogP contribution in [0.25, 0.3) is 0 Å². The van der Waals surface area contributed by atoms with Gasteiger partial charge in [0, 0.05) is 25.2 Å². The summed E-state index contributed by atoms with van der Waals surface area (Å²) in [6.45, 7) is 5.65. The number of hydrogen-bond acceptors (Lipinski definition) is 6. The standard InChI is InChI=1S/C18H22BrFN4O3S/c1-11-9-24(10-12(2)21-11)17-7-6-16(27-3)18(22-17)23-28(25,26)13-4-5-14(19)15(20)8-13/h4-8,11-12,21H,9-10H2,1-3H3,(H,22,23). The topological polar surface area (TPSA) is 83.6 Å². The van der Waals surface area contributed by atoms with Crippen molar-refractivity contribution in [2.45, 2.75) is 30.8 Å². The summed E-state index contributed by atoms with van der Waals surface area (Å²) < 4.78 is 47.1. The van der Waals surface area contributed by atoms with Crippen LogP contribution >= 0.6 is 15.9 Å². The number of nitrogens with one attached hydrogen (secondary N) is 2. The Bertz CT molecular complexity index is 963. The molecule has 28 heavy (non-hydrogen) atoms. The third kappa shape index (κ3) is 4.56. The molecule has 10 heteroatoms. The van der Waals surface area contributed by atoms with Gasteiger partial charge in [-0.15, -0.1) is 0 Å². The van der Waals surface area contributed by atoms with Crippen molar-refractivity contribution in [1.82, 2.24) is 10.3 Å². The van der Waals surface area contributed by atoms with Gasteiger partial charge in [-0.25, -0.2) is 17.8 Å². The van der Waals surface area contributed by atoms with Crippen LogP contribution in [0.3, 0.4) is 0 Å². The van der Waals surface area contributed by atoms with Gasteiger partial charge in [0.15, 0.2) is 11.6 Å². The van der Waals surface area contributed by atoms with E-state index in [1.54, 1.807) is 12.1 Å². The average Bonchev–Trinajstić information content (AvgIpc) is 2.62. The highest BCUT2D eigenvalue weighted by atomic mass is 79.9. The van der Waals surface area contributed by atoms with Crippen LogP contribution in [0.1, 0.15) is 13.8 Å². The van der Waals surface area contributed by atoms with Gasteiger partial charge in [0.2, 0.25) is 0 Å². The number of pyridine rings is 1. The number of nitrogens with zero attached hydrogens (tertiary/aromatic N) is 2. The minimum atomic E-state index is -4.04. The van der Waals surface area contributed by atoms with Crippen LogP contribution in [0.15, 0.2) is 39.7 Å². The third-order valence-corrected chi connectivity index (χ3v) is 6.36. The first-order chi connectivity index (χ1) is 13.2. The van der Waals surface area contributed by atoms with E-state index < -0.39 is 15.8 Å². The molecule has 1 aliphatic rings. The Morgan fingerprint density at radius 1 is 1.25 bits per heavy atom. The number of anilines is 2. The van der Waals surface area contributed by atoms with Crippen LogP contribution < -0.4 is 19.7 Å². The lowest BCUT2D eigenvalue weighted by Crippen LogP contribution is -2.54. The Morgan fingerprint density at radius 2 is 1.93 bits per heavy atom. The molecule has 0 amide bonds. The van der Waals surface area contributed by atoms with Crippen molar-refractivity contribution in [3.8, 4) is 5.75 Å². The van der Waals surface area contributed by atoms with Gasteiger partial charge in [-0.1, -0.05) is 0 Å². The number of aromatic nitrogens is 1. The van der Waals surface area contributed by atoms with Crippen molar-refractivity contribution in [1.29, 1.82) is 0 Å². The lowest BCUT2D eigenvalue weighted by atomic mass is 10.1. The van der Waals surface area contributed by atoms with Crippen molar-refractivity contribution in [2.24, 2.45) is 0 Å². The van der Waals surface area contributed by atoms with E-state index in [2.05, 4.69) is 49.7 Å². The second-order valence-corrected chi connectivity index (χ2v) is 9.31. The molecule has 1 aromatic heterocycles. The lowest BCUT2D eigenvalue weighted by molar-refractivity contribution is 0.403. The second-order valence-electron chi connectivity index (χ2n) is 6.78. The van der Waals surface area contributed by atoms with Crippen LogP contribution in [0, 0.1) is 5.82 Å². The molecule has 2 heterocycles. The fourth-order valence-electron chi connectivity index (χ4n) is 3.19. The lowest BCUT2D eigenvalue weighted by Gasteiger charge is -2.37. The minimum Gasteiger partial charge on any atom is -0.493 e. The predicted octanol–water partition coefficient (Wildman–Crippen LogP) is 2.98. The van der Waals surface area contributed by atoms with E-state index in [0.29, 0.717) is 5.82 Å². The molecule has 3 rings (SSSR count). The van der Waals surface area contributed by atoms with Gasteiger partial charge in [-0.2, -0.15) is 0 Å². The maximum absolute atomic E-state index is 13.8. The van der Waals surface area contributed by atoms with Gasteiger partial charge >= 0.3 is 0 Å². The molecule has 2 atom stereocenters. The van der Waals surface area contributed by atoms with Crippen molar-refractivity contribution in [3.05, 3.63) is 40.6 Å². The molecule has 1 aromatic carbocycles. The van der Waals surface area contributed by atoms with E-state index in [-0.39, 0.29) is 33.0 Å². The molecule has 0 aliphatic carbocycles. The summed E-state index contributed by atoms with van der Waals surface area (Å²) in [4.78, 5) is 6.35. The minimum absolute atomic E-state index is 0.0576. The van der Waals surface area contributed by atoms with E-state index in [1.165, 1.54) is 19.2 Å². The molecule has 2 unspecified atom stereocenters. The largest absolute Gasteiger partial charge is 0.493 e. The van der Waals surface area contributed by atoms with Crippen LogP contribution in [-0.2, 0) is 10.0 Å². The molecule has 152 valence electrons. The van der Waals surface area contributed by atoms with Gasteiger partial charge in [0.05, 0.1) is 16.5 Å². The van der Waals surface area contributed by atoms with Crippen molar-refractivity contribution in [3.63, 3.8) is 0 Å². The molecule has 1 aliphatic heterocycles. The van der Waals surface area contributed by atoms with Gasteiger partial charge in [0.25, 0.3) is 10.0 Å². The number of sulfonamides is 1. The number of piperazine rings is 1. The number of benzene rings is 1. The highest BCUT2D eigenvalue weighted by Crippen LogP contribution is 2.29. The predicted molar refractivity (Wildman–Crippen MR) is 110 cm³/mol. The van der Waals surface area contributed by atoms with E-state index in [4.69, 9.17) is 4.74 Å². The first kappa shape index (κ1) is 20.8. The van der Waals surface area contributed by atoms with E-state index in [9.17, 15) is 12.8 Å². The maximum atomic E-state index is 13.8. The molecule has 0 saturated carbocycles. The molecule has 1 saturated heterocycles. The Morgan fingerprint density at radius 3 is 2.54 bits per heavy atom. The average molecular weight is 473 g/mol. The van der Waals surface area contributed by atoms with Crippen LogP contribution in [-0.4, -0.2) is 45.7 Å². The third-order valence-electron chi connectivity index (χ3n) is 4.38. The van der Waals surface area contributed by atoms with Crippen LogP contribution in [0.2, 0.25) is 0 Å². The quantitative estimate of drug-likeness (QED) is 0.695. The Hall–Kier alpha value is -1.91. The Labute approximate surface area is 172 Å². The summed E-state index contributed by atoms with van der Waals surface area (Å²) in [6.07, 6.45) is 0. The summed E-state index contributed by atoms with van der Waals surface area (Å²) in [5.41, 5.74) is 0. The maximum Gasteiger partial charge on any atom is 0.263 e. The monoisotopic (exact) mass is 472 g/mol. The summed E-state index contributed by atoms with van der Waals surface area (Å²) in [7, 11) is -2.61. The molecule has 2 N–H and O–H groups in total. The molecule has 0 spiro atoms. The van der Waals surface area contributed by atoms with Gasteiger partial charge in [-0.05, 0) is 60.1 Å². The van der Waals surface area contributed by atoms with E-state index >= 15 is 0 Å². The Kier molecular flexibility index (Phi) is 6.11. The zero-order valence-electron chi connectivity index (χ0n) is 15.7. The fourth-order valence-corrected chi connectivity index (χ4v) is 4.47. The van der Waals surface area contributed by atoms with E-state index in [1.807, 2.05) is 0 Å². The van der Waals surface area contributed by atoms with E-state index in [0.717, 1.165) is 19.2 Å². The smallest absolute Gasteiger partial charge is 0.263 e. The van der Waals surface area contributed by atoms with Gasteiger partial charge < -0.3 is 15.0 Å². The summed E-state index contributed by atoms with van der Waals surface area (Å²) in [6, 6.07) is 7.61. The first-order valence-electron chi connectivity index (χ1n) is 8.73. The summed E-state index contributed by atoms with van der Waals surface area (Å²) in [5.74, 6) is 0.310. The molecule has 0 bridgehead atoms. The highest BCUT2D eigenvalue weighted by Gasteiger charge is 2.24. The zero-order chi connectivity index (χ0) is 20.5. The van der Waals surface area contributed by atoms with Gasteiger partial charge in [-0.3, -0.25) is 4.72 Å². The number of ether oxygens (including phenoxy) is 1. The first-order valence-corrected chi connectivity index (χ1v) is 11.0. The van der Waals surface area contributed by atoms with Gasteiger partial charge in [0.1, 0.15) is 11.6 Å². The molecule has 1 fully saturated rings. The Balaban J connectivity index is 1.93. The fraction of sp³-hybridized carbons (Fsp3) is 0.389. The summed E-state index contributed by atoms with van der Waals surface area (Å²) >= 11 is 3.02. The molecule has 0 radical (unpaired) electrons. The van der Waals surface area contributed by atoms with Crippen molar-refractivity contribution >= 4 is 37.6 Å². The zero-order valence-corrected chi connectivity index (χ0v) is 18.1. The SMILES string of the molecule is COc1ccc(N2CC(C)NC(C)C2)nc1NS(=O)(=O)c1ccc(Br)c(F)c1. The summed E-state index contributed by atoms with van der Waals surface area (Å²) in [5, 5.41) is 3.44. The number of rotatable bonds is 5. The number of halogens is 2. The van der Waals surface area contributed by atoms with Crippen molar-refractivity contribution in [2.75, 3.05) is 29.8 Å². The molecule has 2 aromatic rings. The number of hydrogen-bond donors (Lipinski definition) is 2. The highest BCUT2D eigenvalue weighted by molar-refractivity contribution is 9.10. The van der Waals surface area contributed by atoms with Crippen LogP contribution in [0.4, 0.5) is 16.0 Å².